The van der Waals surface area contributed by atoms with Crippen molar-refractivity contribution in [3.8, 4) is 17.6 Å². The molecule has 32 heavy (non-hydrogen) atoms. The van der Waals surface area contributed by atoms with E-state index in [0.29, 0.717) is 29.9 Å². The summed E-state index contributed by atoms with van der Waals surface area (Å²) in [7, 11) is 1.81. The molecule has 1 aliphatic carbocycles. The van der Waals surface area contributed by atoms with E-state index in [2.05, 4.69) is 37.4 Å². The molecule has 0 atom stereocenters. The minimum atomic E-state index is 0.0173. The highest BCUT2D eigenvalue weighted by Gasteiger charge is 2.29. The smallest absolute Gasteiger partial charge is 0.228 e. The summed E-state index contributed by atoms with van der Waals surface area (Å²) < 4.78 is 10.9. The molecule has 2 aliphatic rings. The van der Waals surface area contributed by atoms with Crippen LogP contribution in [0.15, 0.2) is 36.8 Å². The van der Waals surface area contributed by atoms with Crippen LogP contribution in [0.1, 0.15) is 24.1 Å². The quantitative estimate of drug-likeness (QED) is 0.582. The third kappa shape index (κ3) is 4.48. The number of rotatable bonds is 6. The Morgan fingerprint density at radius 2 is 2.00 bits per heavy atom. The first-order chi connectivity index (χ1) is 15.7. The molecule has 0 spiro atoms. The Bertz CT molecular complexity index is 1210. The Morgan fingerprint density at radius 1 is 1.12 bits per heavy atom. The number of fused-ring (bicyclic) bond motifs is 1. The first kappa shape index (κ1) is 20.2. The van der Waals surface area contributed by atoms with Gasteiger partial charge >= 0.3 is 0 Å². The lowest BCUT2D eigenvalue weighted by atomic mass is 10.1. The van der Waals surface area contributed by atoms with E-state index in [-0.39, 0.29) is 11.8 Å². The number of nitrogens with zero attached hydrogens (tertiary/aromatic N) is 3. The summed E-state index contributed by atoms with van der Waals surface area (Å²) in [5.41, 5.74) is 1.36. The van der Waals surface area contributed by atoms with Gasteiger partial charge in [0.25, 0.3) is 0 Å². The maximum absolute atomic E-state index is 12.1. The number of hydrogen-bond acceptors (Lipinski definition) is 7. The molecule has 0 aromatic carbocycles. The Morgan fingerprint density at radius 3 is 2.69 bits per heavy atom. The zero-order chi connectivity index (χ0) is 21.9. The van der Waals surface area contributed by atoms with Crippen LogP contribution in [0.4, 0.5) is 11.6 Å². The van der Waals surface area contributed by atoms with E-state index < -0.39 is 0 Å². The number of anilines is 2. The second-order valence-corrected chi connectivity index (χ2v) is 7.99. The molecule has 0 bridgehead atoms. The van der Waals surface area contributed by atoms with Gasteiger partial charge in [-0.3, -0.25) is 4.79 Å². The molecule has 1 saturated carbocycles. The highest BCUT2D eigenvalue weighted by Crippen LogP contribution is 2.31. The van der Waals surface area contributed by atoms with E-state index in [9.17, 15) is 4.79 Å². The molecule has 1 saturated heterocycles. The molecule has 1 amide bonds. The lowest BCUT2D eigenvalue weighted by molar-refractivity contribution is -0.117. The summed E-state index contributed by atoms with van der Waals surface area (Å²) in [4.78, 5) is 25.3. The number of ether oxygens (including phenoxy) is 2. The number of pyridine rings is 3. The van der Waals surface area contributed by atoms with Gasteiger partial charge in [-0.1, -0.05) is 5.92 Å². The lowest BCUT2D eigenvalue weighted by Crippen LogP contribution is -2.32. The summed E-state index contributed by atoms with van der Waals surface area (Å²) in [5.74, 6) is 8.77. The van der Waals surface area contributed by atoms with Crippen LogP contribution in [-0.4, -0.2) is 47.7 Å². The zero-order valence-corrected chi connectivity index (χ0v) is 17.7. The van der Waals surface area contributed by atoms with Crippen molar-refractivity contribution >= 4 is 28.3 Å². The molecule has 1 aliphatic heterocycles. The molecule has 0 unspecified atom stereocenters. The van der Waals surface area contributed by atoms with Gasteiger partial charge < -0.3 is 20.1 Å². The van der Waals surface area contributed by atoms with E-state index in [1.807, 2.05) is 18.2 Å². The number of hydrogen-bond donors (Lipinski definition) is 2. The normalized spacial score (nSPS) is 15.4. The Labute approximate surface area is 185 Å². The van der Waals surface area contributed by atoms with Crippen LogP contribution >= 0.6 is 0 Å². The Hall–Kier alpha value is -3.70. The molecule has 5 rings (SSSR count). The van der Waals surface area contributed by atoms with Gasteiger partial charge in [0.05, 0.1) is 31.6 Å². The van der Waals surface area contributed by atoms with Crippen molar-refractivity contribution in [1.29, 1.82) is 0 Å². The molecule has 0 radical (unpaired) electrons. The fourth-order valence-corrected chi connectivity index (χ4v) is 3.34. The maximum Gasteiger partial charge on any atom is 0.228 e. The predicted octanol–water partition coefficient (Wildman–Crippen LogP) is 2.84. The molecular weight excluding hydrogens is 406 g/mol. The van der Waals surface area contributed by atoms with Crippen molar-refractivity contribution in [1.82, 2.24) is 15.0 Å². The average molecular weight is 429 g/mol. The van der Waals surface area contributed by atoms with Crippen molar-refractivity contribution in [2.45, 2.75) is 12.8 Å². The SMILES string of the molecule is CNc1ncc(C#Cc2ccc(OCC3COC3)cn2)c2cc(NC(=O)C3CC3)ncc12. The summed E-state index contributed by atoms with van der Waals surface area (Å²) >= 11 is 0. The highest BCUT2D eigenvalue weighted by atomic mass is 16.5. The van der Waals surface area contributed by atoms with Gasteiger partial charge in [-0.25, -0.2) is 15.0 Å². The standard InChI is InChI=1S/C24H23N5O3/c1-25-23-21-11-27-22(29-24(30)16-2-3-16)8-20(21)17(9-28-23)4-5-18-6-7-19(10-26-18)32-14-15-12-31-13-15/h6-11,15-16H,2-3,12-14H2,1H3,(H,25,28)(H,27,29,30). The molecule has 2 N–H and O–H groups in total. The van der Waals surface area contributed by atoms with Crippen molar-refractivity contribution < 1.29 is 14.3 Å². The van der Waals surface area contributed by atoms with Crippen molar-refractivity contribution in [2.24, 2.45) is 11.8 Å². The monoisotopic (exact) mass is 429 g/mol. The molecule has 8 heteroatoms. The largest absolute Gasteiger partial charge is 0.492 e. The Balaban J connectivity index is 1.38. The first-order valence-electron chi connectivity index (χ1n) is 10.7. The third-order valence-electron chi connectivity index (χ3n) is 5.46. The van der Waals surface area contributed by atoms with Crippen LogP contribution in [0.25, 0.3) is 10.8 Å². The van der Waals surface area contributed by atoms with Crippen LogP contribution in [0, 0.1) is 23.7 Å². The van der Waals surface area contributed by atoms with E-state index in [1.165, 1.54) is 0 Å². The van der Waals surface area contributed by atoms with Crippen LogP contribution < -0.4 is 15.4 Å². The number of carbonyl (C=O) groups excluding carboxylic acids is 1. The Kier molecular flexibility index (Phi) is 5.57. The van der Waals surface area contributed by atoms with Crippen LogP contribution in [0.3, 0.4) is 0 Å². The summed E-state index contributed by atoms with van der Waals surface area (Å²) in [6.07, 6.45) is 6.98. The fourth-order valence-electron chi connectivity index (χ4n) is 3.34. The molecule has 2 fully saturated rings. The second kappa shape index (κ2) is 8.81. The first-order valence-corrected chi connectivity index (χ1v) is 10.7. The van der Waals surface area contributed by atoms with Crippen LogP contribution in [0.2, 0.25) is 0 Å². The zero-order valence-electron chi connectivity index (χ0n) is 17.7. The molecule has 3 aromatic rings. The predicted molar refractivity (Wildman–Crippen MR) is 120 cm³/mol. The molecule has 3 aromatic heterocycles. The van der Waals surface area contributed by atoms with Crippen LogP contribution in [-0.2, 0) is 9.53 Å². The van der Waals surface area contributed by atoms with E-state index in [0.717, 1.165) is 48.1 Å². The lowest BCUT2D eigenvalue weighted by Gasteiger charge is -2.25. The van der Waals surface area contributed by atoms with Gasteiger partial charge in [-0.2, -0.15) is 0 Å². The third-order valence-corrected chi connectivity index (χ3v) is 5.46. The average Bonchev–Trinajstić information content (AvgIpc) is 3.63. The minimum Gasteiger partial charge on any atom is -0.492 e. The van der Waals surface area contributed by atoms with E-state index in [4.69, 9.17) is 9.47 Å². The van der Waals surface area contributed by atoms with Gasteiger partial charge in [-0.05, 0) is 37.0 Å². The second-order valence-electron chi connectivity index (χ2n) is 7.99. The van der Waals surface area contributed by atoms with Gasteiger partial charge in [0.2, 0.25) is 5.91 Å². The topological polar surface area (TPSA) is 98.3 Å². The van der Waals surface area contributed by atoms with Gasteiger partial charge in [0.1, 0.15) is 23.1 Å². The minimum absolute atomic E-state index is 0.0173. The van der Waals surface area contributed by atoms with Gasteiger partial charge in [0.15, 0.2) is 0 Å². The number of aromatic nitrogens is 3. The molecular formula is C24H23N5O3. The molecule has 162 valence electrons. The molecule has 4 heterocycles. The van der Waals surface area contributed by atoms with Gasteiger partial charge in [-0.15, -0.1) is 0 Å². The summed E-state index contributed by atoms with van der Waals surface area (Å²) in [6, 6.07) is 5.54. The number of nitrogens with one attached hydrogen (secondary N) is 2. The highest BCUT2D eigenvalue weighted by molar-refractivity contribution is 5.99. The van der Waals surface area contributed by atoms with E-state index in [1.54, 1.807) is 25.6 Å². The maximum atomic E-state index is 12.1. The fraction of sp³-hybridized carbons (Fsp3) is 0.333. The van der Waals surface area contributed by atoms with E-state index >= 15 is 0 Å². The van der Waals surface area contributed by atoms with Crippen molar-refractivity contribution in [2.75, 3.05) is 37.5 Å². The molecule has 8 nitrogen and oxygen atoms in total. The number of amides is 1. The number of carbonyl (C=O) groups is 1. The van der Waals surface area contributed by atoms with Crippen molar-refractivity contribution in [3.63, 3.8) is 0 Å². The van der Waals surface area contributed by atoms with Gasteiger partial charge in [0, 0.05) is 42.0 Å². The van der Waals surface area contributed by atoms with Crippen molar-refractivity contribution in [3.05, 3.63) is 48.0 Å². The summed E-state index contributed by atoms with van der Waals surface area (Å²) in [6.45, 7) is 2.15. The summed E-state index contributed by atoms with van der Waals surface area (Å²) in [5, 5.41) is 7.66. The van der Waals surface area contributed by atoms with Crippen LogP contribution in [0.5, 0.6) is 5.75 Å².